The lowest BCUT2D eigenvalue weighted by Gasteiger charge is -2.39. The summed E-state index contributed by atoms with van der Waals surface area (Å²) < 4.78 is 11.9. The Labute approximate surface area is 225 Å². The SMILES string of the molecule is CCC(C)C(C(CC(=O)N1CCCC1C(OC)C(C)CCC1C=CC=CC=C1)OC)N(C)C(=O)CNC. The van der Waals surface area contributed by atoms with E-state index in [0.717, 1.165) is 38.6 Å². The lowest BCUT2D eigenvalue weighted by Crippen LogP contribution is -2.53. The summed E-state index contributed by atoms with van der Waals surface area (Å²) in [4.78, 5) is 30.2. The Balaban J connectivity index is 2.09. The van der Waals surface area contributed by atoms with Gasteiger partial charge in [-0.25, -0.2) is 0 Å². The highest BCUT2D eigenvalue weighted by molar-refractivity contribution is 5.79. The Bertz CT molecular complexity index is 780. The molecule has 0 spiro atoms. The Morgan fingerprint density at radius 3 is 2.32 bits per heavy atom. The second-order valence-electron chi connectivity index (χ2n) is 10.8. The van der Waals surface area contributed by atoms with Crippen LogP contribution in [0.5, 0.6) is 0 Å². The van der Waals surface area contributed by atoms with Crippen LogP contribution in [0.15, 0.2) is 36.5 Å². The van der Waals surface area contributed by atoms with Crippen LogP contribution in [0.1, 0.15) is 59.3 Å². The van der Waals surface area contributed by atoms with Crippen LogP contribution in [0.2, 0.25) is 0 Å². The summed E-state index contributed by atoms with van der Waals surface area (Å²) in [6, 6.07) is -0.106. The molecule has 0 aromatic carbocycles. The number of hydrogen-bond donors (Lipinski definition) is 1. The van der Waals surface area contributed by atoms with Crippen molar-refractivity contribution in [3.8, 4) is 0 Å². The van der Waals surface area contributed by atoms with E-state index in [9.17, 15) is 9.59 Å². The fourth-order valence-corrected chi connectivity index (χ4v) is 5.94. The number of likely N-dealkylation sites (N-methyl/N-ethyl adjacent to an activating group) is 2. The Hall–Kier alpha value is -1.96. The summed E-state index contributed by atoms with van der Waals surface area (Å²) >= 11 is 0. The Morgan fingerprint density at radius 1 is 1.08 bits per heavy atom. The predicted octanol–water partition coefficient (Wildman–Crippen LogP) is 4.20. The molecule has 2 rings (SSSR count). The zero-order valence-electron chi connectivity index (χ0n) is 24.2. The molecule has 1 heterocycles. The van der Waals surface area contributed by atoms with E-state index in [1.807, 2.05) is 11.9 Å². The number of carbonyl (C=O) groups excluding carboxylic acids is 2. The molecule has 1 aliphatic heterocycles. The van der Waals surface area contributed by atoms with Gasteiger partial charge in [0.2, 0.25) is 11.8 Å². The minimum absolute atomic E-state index is 0.00348. The van der Waals surface area contributed by atoms with Gasteiger partial charge in [-0.2, -0.15) is 0 Å². The molecule has 1 fully saturated rings. The molecule has 1 aliphatic carbocycles. The molecular formula is C30H51N3O4. The van der Waals surface area contributed by atoms with Crippen LogP contribution in [0.25, 0.3) is 0 Å². The maximum Gasteiger partial charge on any atom is 0.236 e. The highest BCUT2D eigenvalue weighted by atomic mass is 16.5. The zero-order valence-corrected chi connectivity index (χ0v) is 24.2. The number of nitrogens with zero attached hydrogens (tertiary/aromatic N) is 2. The van der Waals surface area contributed by atoms with Crippen LogP contribution in [0.3, 0.4) is 0 Å². The van der Waals surface area contributed by atoms with E-state index in [0.29, 0.717) is 11.8 Å². The molecule has 1 N–H and O–H groups in total. The quantitative estimate of drug-likeness (QED) is 0.352. The van der Waals surface area contributed by atoms with E-state index in [1.54, 1.807) is 26.2 Å². The molecule has 210 valence electrons. The van der Waals surface area contributed by atoms with Crippen LogP contribution in [-0.4, -0.2) is 87.3 Å². The first-order valence-electron chi connectivity index (χ1n) is 14.1. The molecule has 7 nitrogen and oxygen atoms in total. The lowest BCUT2D eigenvalue weighted by atomic mass is 9.88. The van der Waals surface area contributed by atoms with Gasteiger partial charge in [0.05, 0.1) is 37.3 Å². The number of hydrogen-bond acceptors (Lipinski definition) is 5. The van der Waals surface area contributed by atoms with Gasteiger partial charge < -0.3 is 24.6 Å². The van der Waals surface area contributed by atoms with Gasteiger partial charge in [-0.1, -0.05) is 63.6 Å². The van der Waals surface area contributed by atoms with Crippen LogP contribution in [-0.2, 0) is 19.1 Å². The van der Waals surface area contributed by atoms with Gasteiger partial charge in [0, 0.05) is 27.8 Å². The van der Waals surface area contributed by atoms with Crippen molar-refractivity contribution < 1.29 is 19.1 Å². The lowest BCUT2D eigenvalue weighted by molar-refractivity contribution is -0.144. The van der Waals surface area contributed by atoms with Crippen molar-refractivity contribution in [3.05, 3.63) is 36.5 Å². The first-order valence-corrected chi connectivity index (χ1v) is 14.1. The summed E-state index contributed by atoms with van der Waals surface area (Å²) in [5.41, 5.74) is 0. The summed E-state index contributed by atoms with van der Waals surface area (Å²) in [5.74, 6) is 1.06. The van der Waals surface area contributed by atoms with E-state index >= 15 is 0 Å². The smallest absolute Gasteiger partial charge is 0.236 e. The van der Waals surface area contributed by atoms with Crippen molar-refractivity contribution in [2.24, 2.45) is 17.8 Å². The van der Waals surface area contributed by atoms with E-state index in [2.05, 4.69) is 62.5 Å². The summed E-state index contributed by atoms with van der Waals surface area (Å²) in [7, 11) is 7.01. The number of ether oxygens (including phenoxy) is 2. The van der Waals surface area contributed by atoms with E-state index in [4.69, 9.17) is 9.47 Å². The number of amides is 2. The second-order valence-corrected chi connectivity index (χ2v) is 10.8. The monoisotopic (exact) mass is 517 g/mol. The molecule has 6 atom stereocenters. The predicted molar refractivity (Wildman–Crippen MR) is 150 cm³/mol. The highest BCUT2D eigenvalue weighted by Gasteiger charge is 2.40. The molecule has 2 aliphatic rings. The van der Waals surface area contributed by atoms with Crippen molar-refractivity contribution in [2.45, 2.75) is 83.6 Å². The van der Waals surface area contributed by atoms with Crippen molar-refractivity contribution in [1.29, 1.82) is 0 Å². The maximum absolute atomic E-state index is 13.7. The molecule has 0 aromatic heterocycles. The number of likely N-dealkylation sites (tertiary alicyclic amines) is 1. The fraction of sp³-hybridized carbons (Fsp3) is 0.733. The van der Waals surface area contributed by atoms with Gasteiger partial charge in [-0.05, 0) is 50.5 Å². The minimum atomic E-state index is -0.365. The highest BCUT2D eigenvalue weighted by Crippen LogP contribution is 2.31. The largest absolute Gasteiger partial charge is 0.379 e. The molecule has 1 saturated heterocycles. The molecule has 37 heavy (non-hydrogen) atoms. The van der Waals surface area contributed by atoms with Crippen LogP contribution >= 0.6 is 0 Å². The standard InChI is InChI=1S/C30H51N3O4/c1-8-22(2)29(32(5)28(35)21-31-4)26(36-6)20-27(34)33-19-13-16-25(33)30(37-7)23(3)17-18-24-14-11-9-10-12-15-24/h9-12,14-15,22-26,29-31H,8,13,16-21H2,1-7H3. The summed E-state index contributed by atoms with van der Waals surface area (Å²) in [6.45, 7) is 7.49. The summed E-state index contributed by atoms with van der Waals surface area (Å²) in [5, 5.41) is 2.94. The third-order valence-corrected chi connectivity index (χ3v) is 8.29. The third-order valence-electron chi connectivity index (χ3n) is 8.29. The number of nitrogens with one attached hydrogen (secondary N) is 1. The normalized spacial score (nSPS) is 21.9. The second kappa shape index (κ2) is 16.1. The van der Waals surface area contributed by atoms with Crippen molar-refractivity contribution >= 4 is 11.8 Å². The average Bonchev–Trinajstić information content (AvgIpc) is 3.22. The molecule has 2 amide bonds. The van der Waals surface area contributed by atoms with Crippen molar-refractivity contribution in [1.82, 2.24) is 15.1 Å². The topological polar surface area (TPSA) is 71.1 Å². The van der Waals surface area contributed by atoms with Gasteiger partial charge in [0.15, 0.2) is 0 Å². The number of rotatable bonds is 15. The minimum Gasteiger partial charge on any atom is -0.379 e. The van der Waals surface area contributed by atoms with Crippen LogP contribution in [0, 0.1) is 17.8 Å². The van der Waals surface area contributed by atoms with Gasteiger partial charge >= 0.3 is 0 Å². The molecule has 0 aromatic rings. The Kier molecular flexibility index (Phi) is 13.6. The van der Waals surface area contributed by atoms with E-state index < -0.39 is 0 Å². The van der Waals surface area contributed by atoms with Crippen LogP contribution < -0.4 is 5.32 Å². The molecule has 6 unspecified atom stereocenters. The van der Waals surface area contributed by atoms with E-state index in [-0.39, 0.29) is 55.0 Å². The first-order chi connectivity index (χ1) is 17.8. The number of carbonyl (C=O) groups is 2. The molecule has 0 radical (unpaired) electrons. The van der Waals surface area contributed by atoms with Gasteiger partial charge in [0.25, 0.3) is 0 Å². The molecule has 0 saturated carbocycles. The third kappa shape index (κ3) is 8.79. The fourth-order valence-electron chi connectivity index (χ4n) is 5.94. The molecule has 7 heteroatoms. The number of methoxy groups -OCH3 is 2. The average molecular weight is 518 g/mol. The van der Waals surface area contributed by atoms with Gasteiger partial charge in [0.1, 0.15) is 0 Å². The first kappa shape index (κ1) is 31.3. The van der Waals surface area contributed by atoms with Gasteiger partial charge in [-0.15, -0.1) is 0 Å². The summed E-state index contributed by atoms with van der Waals surface area (Å²) in [6.07, 6.45) is 17.7. The van der Waals surface area contributed by atoms with Crippen molar-refractivity contribution in [2.75, 3.05) is 41.4 Å². The maximum atomic E-state index is 13.7. The Morgan fingerprint density at radius 2 is 1.76 bits per heavy atom. The van der Waals surface area contributed by atoms with Crippen molar-refractivity contribution in [3.63, 3.8) is 0 Å². The molecule has 0 bridgehead atoms. The number of allylic oxidation sites excluding steroid dienone is 6. The van der Waals surface area contributed by atoms with Crippen LogP contribution in [0.4, 0.5) is 0 Å². The molecular weight excluding hydrogens is 466 g/mol. The van der Waals surface area contributed by atoms with E-state index in [1.165, 1.54) is 0 Å². The van der Waals surface area contributed by atoms with Gasteiger partial charge in [-0.3, -0.25) is 9.59 Å². The zero-order chi connectivity index (χ0) is 27.4.